The van der Waals surface area contributed by atoms with Gasteiger partial charge in [0.1, 0.15) is 11.5 Å². The number of ether oxygens (including phenoxy) is 3. The topological polar surface area (TPSA) is 72.1 Å². The van der Waals surface area contributed by atoms with Crippen LogP contribution >= 0.6 is 0 Å². The highest BCUT2D eigenvalue weighted by atomic mass is 16.5. The summed E-state index contributed by atoms with van der Waals surface area (Å²) >= 11 is 0. The van der Waals surface area contributed by atoms with Gasteiger partial charge in [-0.05, 0) is 37.1 Å². The third-order valence-corrected chi connectivity index (χ3v) is 4.81. The zero-order valence-corrected chi connectivity index (χ0v) is 16.5. The minimum atomic E-state index is -0.333. The van der Waals surface area contributed by atoms with Crippen LogP contribution < -0.4 is 25.0 Å². The molecule has 2 aromatic rings. The van der Waals surface area contributed by atoms with Crippen molar-refractivity contribution in [1.82, 2.24) is 0 Å². The molecule has 0 saturated carbocycles. The highest BCUT2D eigenvalue weighted by molar-refractivity contribution is 6.00. The van der Waals surface area contributed by atoms with E-state index in [0.717, 1.165) is 37.3 Å². The molecule has 1 aliphatic rings. The van der Waals surface area contributed by atoms with Crippen LogP contribution in [0.1, 0.15) is 12.8 Å². The number of anilines is 3. The number of piperidine rings is 1. The number of nitrogens with zero attached hydrogens (tertiary/aromatic N) is 1. The SMILES string of the molecule is COc1cc(NC(=O)Nc2ccc(N3CCC[C@H](OC)C3)cc2)cc(OC)c1. The summed E-state index contributed by atoms with van der Waals surface area (Å²) in [5.74, 6) is 1.21. The van der Waals surface area contributed by atoms with Gasteiger partial charge in [-0.25, -0.2) is 4.79 Å². The van der Waals surface area contributed by atoms with Gasteiger partial charge < -0.3 is 29.7 Å². The molecule has 0 aliphatic carbocycles. The molecule has 1 fully saturated rings. The average molecular weight is 385 g/mol. The van der Waals surface area contributed by atoms with Gasteiger partial charge in [-0.1, -0.05) is 0 Å². The van der Waals surface area contributed by atoms with E-state index in [1.807, 2.05) is 24.3 Å². The van der Waals surface area contributed by atoms with Gasteiger partial charge in [0.25, 0.3) is 0 Å². The molecular formula is C21H27N3O4. The highest BCUT2D eigenvalue weighted by Crippen LogP contribution is 2.26. The molecule has 0 radical (unpaired) electrons. The lowest BCUT2D eigenvalue weighted by Crippen LogP contribution is -2.39. The Kier molecular flexibility index (Phi) is 6.60. The van der Waals surface area contributed by atoms with Crippen molar-refractivity contribution in [1.29, 1.82) is 0 Å². The Morgan fingerprint density at radius 2 is 1.61 bits per heavy atom. The number of hydrogen-bond donors (Lipinski definition) is 2. The molecule has 2 N–H and O–H groups in total. The van der Waals surface area contributed by atoms with Gasteiger partial charge in [-0.15, -0.1) is 0 Å². The van der Waals surface area contributed by atoms with Crippen LogP contribution in [-0.2, 0) is 4.74 Å². The molecule has 1 saturated heterocycles. The molecule has 150 valence electrons. The van der Waals surface area contributed by atoms with Gasteiger partial charge in [0.15, 0.2) is 0 Å². The van der Waals surface area contributed by atoms with Crippen molar-refractivity contribution in [3.8, 4) is 11.5 Å². The van der Waals surface area contributed by atoms with Gasteiger partial charge in [0, 0.05) is 55.5 Å². The van der Waals surface area contributed by atoms with E-state index >= 15 is 0 Å². The van der Waals surface area contributed by atoms with E-state index in [2.05, 4.69) is 15.5 Å². The number of hydrogen-bond acceptors (Lipinski definition) is 5. The largest absolute Gasteiger partial charge is 0.497 e. The number of methoxy groups -OCH3 is 3. The summed E-state index contributed by atoms with van der Waals surface area (Å²) in [4.78, 5) is 14.6. The summed E-state index contributed by atoms with van der Waals surface area (Å²) in [5.41, 5.74) is 2.44. The second kappa shape index (κ2) is 9.32. The standard InChI is InChI=1S/C21H27N3O4/c1-26-18-5-4-10-24(14-18)17-8-6-15(7-9-17)22-21(25)23-16-11-19(27-2)13-20(12-16)28-3/h6-9,11-13,18H,4-5,10,14H2,1-3H3,(H2,22,23,25)/t18-/m0/s1. The van der Waals surface area contributed by atoms with Crippen molar-refractivity contribution >= 4 is 23.1 Å². The van der Waals surface area contributed by atoms with E-state index in [-0.39, 0.29) is 12.1 Å². The number of amides is 2. The van der Waals surface area contributed by atoms with E-state index in [4.69, 9.17) is 14.2 Å². The zero-order valence-electron chi connectivity index (χ0n) is 16.5. The van der Waals surface area contributed by atoms with Crippen LogP contribution in [0, 0.1) is 0 Å². The molecule has 2 aromatic carbocycles. The summed E-state index contributed by atoms with van der Waals surface area (Å²) in [7, 11) is 4.90. The maximum Gasteiger partial charge on any atom is 0.323 e. The van der Waals surface area contributed by atoms with Crippen LogP contribution in [0.5, 0.6) is 11.5 Å². The van der Waals surface area contributed by atoms with Crippen molar-refractivity contribution in [2.45, 2.75) is 18.9 Å². The minimum absolute atomic E-state index is 0.275. The van der Waals surface area contributed by atoms with Gasteiger partial charge in [0.05, 0.1) is 20.3 Å². The Morgan fingerprint density at radius 1 is 0.964 bits per heavy atom. The third kappa shape index (κ3) is 5.07. The molecule has 3 rings (SSSR count). The lowest BCUT2D eigenvalue weighted by Gasteiger charge is -2.33. The van der Waals surface area contributed by atoms with E-state index in [0.29, 0.717) is 17.2 Å². The van der Waals surface area contributed by atoms with Gasteiger partial charge in [0.2, 0.25) is 0 Å². The summed E-state index contributed by atoms with van der Waals surface area (Å²) in [6.45, 7) is 1.91. The van der Waals surface area contributed by atoms with Gasteiger partial charge >= 0.3 is 6.03 Å². The second-order valence-electron chi connectivity index (χ2n) is 6.67. The zero-order chi connectivity index (χ0) is 19.9. The normalized spacial score (nSPS) is 16.4. The molecule has 7 heteroatoms. The van der Waals surface area contributed by atoms with Gasteiger partial charge in [-0.2, -0.15) is 0 Å². The predicted molar refractivity (Wildman–Crippen MR) is 111 cm³/mol. The van der Waals surface area contributed by atoms with Crippen molar-refractivity contribution in [2.24, 2.45) is 0 Å². The van der Waals surface area contributed by atoms with E-state index in [9.17, 15) is 4.79 Å². The van der Waals surface area contributed by atoms with Crippen LogP contribution in [0.3, 0.4) is 0 Å². The smallest absolute Gasteiger partial charge is 0.323 e. The Morgan fingerprint density at radius 3 is 2.21 bits per heavy atom. The number of rotatable bonds is 6. The summed E-state index contributed by atoms with van der Waals surface area (Å²) < 4.78 is 15.9. The van der Waals surface area contributed by atoms with Crippen LogP contribution in [0.4, 0.5) is 21.9 Å². The molecule has 7 nitrogen and oxygen atoms in total. The Bertz CT molecular complexity index is 772. The second-order valence-corrected chi connectivity index (χ2v) is 6.67. The van der Waals surface area contributed by atoms with E-state index in [1.165, 1.54) is 0 Å². The lowest BCUT2D eigenvalue weighted by molar-refractivity contribution is 0.0893. The summed E-state index contributed by atoms with van der Waals surface area (Å²) in [6.07, 6.45) is 2.49. The highest BCUT2D eigenvalue weighted by Gasteiger charge is 2.19. The minimum Gasteiger partial charge on any atom is -0.497 e. The van der Waals surface area contributed by atoms with Crippen LogP contribution in [-0.4, -0.2) is 46.6 Å². The van der Waals surface area contributed by atoms with Crippen LogP contribution in [0.2, 0.25) is 0 Å². The Balaban J connectivity index is 1.60. The maximum atomic E-state index is 12.3. The van der Waals surface area contributed by atoms with Gasteiger partial charge in [-0.3, -0.25) is 0 Å². The number of urea groups is 1. The Hall–Kier alpha value is -2.93. The molecule has 0 aromatic heterocycles. The van der Waals surface area contributed by atoms with Crippen molar-refractivity contribution in [2.75, 3.05) is 50.0 Å². The molecule has 0 bridgehead atoms. The molecule has 1 atom stereocenters. The first kappa shape index (κ1) is 19.8. The number of benzene rings is 2. The predicted octanol–water partition coefficient (Wildman–Crippen LogP) is 3.96. The fourth-order valence-corrected chi connectivity index (χ4v) is 3.29. The third-order valence-electron chi connectivity index (χ3n) is 4.81. The lowest BCUT2D eigenvalue weighted by atomic mass is 10.1. The maximum absolute atomic E-state index is 12.3. The van der Waals surface area contributed by atoms with Crippen molar-refractivity contribution in [3.05, 3.63) is 42.5 Å². The molecule has 28 heavy (non-hydrogen) atoms. The number of carbonyl (C=O) groups excluding carboxylic acids is 1. The average Bonchev–Trinajstić information content (AvgIpc) is 2.73. The molecule has 1 aliphatic heterocycles. The molecule has 0 unspecified atom stereocenters. The fourth-order valence-electron chi connectivity index (χ4n) is 3.29. The summed E-state index contributed by atoms with van der Waals surface area (Å²) in [5, 5.41) is 5.63. The molecule has 1 heterocycles. The Labute approximate surface area is 165 Å². The molecule has 0 spiro atoms. The summed E-state index contributed by atoms with van der Waals surface area (Å²) in [6, 6.07) is 12.7. The number of nitrogens with one attached hydrogen (secondary N) is 2. The van der Waals surface area contributed by atoms with Crippen LogP contribution in [0.15, 0.2) is 42.5 Å². The van der Waals surface area contributed by atoms with E-state index in [1.54, 1.807) is 39.5 Å². The van der Waals surface area contributed by atoms with Crippen molar-refractivity contribution in [3.63, 3.8) is 0 Å². The first-order valence-electron chi connectivity index (χ1n) is 9.30. The quantitative estimate of drug-likeness (QED) is 0.787. The van der Waals surface area contributed by atoms with Crippen LogP contribution in [0.25, 0.3) is 0 Å². The fraction of sp³-hybridized carbons (Fsp3) is 0.381. The molecular weight excluding hydrogens is 358 g/mol. The van der Waals surface area contributed by atoms with E-state index < -0.39 is 0 Å². The monoisotopic (exact) mass is 385 g/mol. The van der Waals surface area contributed by atoms with Crippen molar-refractivity contribution < 1.29 is 19.0 Å². The number of carbonyl (C=O) groups is 1. The molecule has 2 amide bonds. The first-order chi connectivity index (χ1) is 13.6. The first-order valence-corrected chi connectivity index (χ1v) is 9.30.